The average molecular weight is 446 g/mol. The third-order valence-corrected chi connectivity index (χ3v) is 6.28. The first-order chi connectivity index (χ1) is 16.0. The molecule has 6 nitrogen and oxygen atoms in total. The molecular weight excluding hydrogens is 410 g/mol. The van der Waals surface area contributed by atoms with E-state index in [1.807, 2.05) is 20.3 Å². The van der Waals surface area contributed by atoms with Crippen molar-refractivity contribution < 1.29 is 4.74 Å². The predicted molar refractivity (Wildman–Crippen MR) is 135 cm³/mol. The van der Waals surface area contributed by atoms with Gasteiger partial charge in [0.25, 0.3) is 0 Å². The fraction of sp³-hybridized carbons (Fsp3) is 0.444. The van der Waals surface area contributed by atoms with E-state index in [0.29, 0.717) is 6.61 Å². The van der Waals surface area contributed by atoms with Crippen LogP contribution in [0.15, 0.2) is 36.5 Å². The molecular formula is C27H35N5O. The normalized spacial score (nSPS) is 17.2. The highest BCUT2D eigenvalue weighted by Gasteiger charge is 2.34. The van der Waals surface area contributed by atoms with Crippen LogP contribution in [0.5, 0.6) is 0 Å². The molecule has 1 aromatic carbocycles. The molecule has 0 saturated heterocycles. The van der Waals surface area contributed by atoms with E-state index < -0.39 is 0 Å². The van der Waals surface area contributed by atoms with Crippen LogP contribution in [0.4, 0.5) is 11.5 Å². The van der Waals surface area contributed by atoms with Gasteiger partial charge in [0.15, 0.2) is 0 Å². The third-order valence-electron chi connectivity index (χ3n) is 6.28. The van der Waals surface area contributed by atoms with Gasteiger partial charge in [-0.05, 0) is 49.4 Å². The van der Waals surface area contributed by atoms with Gasteiger partial charge in [-0.15, -0.1) is 0 Å². The number of nitrogens with one attached hydrogen (secondary N) is 1. The molecule has 174 valence electrons. The van der Waals surface area contributed by atoms with E-state index in [0.717, 1.165) is 59.1 Å². The summed E-state index contributed by atoms with van der Waals surface area (Å²) in [7, 11) is 4.09. The minimum atomic E-state index is 0.0612. The van der Waals surface area contributed by atoms with Crippen LogP contribution < -0.4 is 10.2 Å². The van der Waals surface area contributed by atoms with E-state index in [-0.39, 0.29) is 12.1 Å². The topological polar surface area (TPSA) is 63.2 Å². The Bertz CT molecular complexity index is 1130. The van der Waals surface area contributed by atoms with E-state index in [1.165, 1.54) is 11.1 Å². The van der Waals surface area contributed by atoms with Crippen molar-refractivity contribution >= 4 is 11.5 Å². The van der Waals surface area contributed by atoms with Crippen molar-refractivity contribution in [3.8, 4) is 11.4 Å². The number of hydrogen-bond acceptors (Lipinski definition) is 6. The summed E-state index contributed by atoms with van der Waals surface area (Å²) >= 11 is 0. The molecule has 0 fully saturated rings. The first-order valence-corrected chi connectivity index (χ1v) is 12.0. The van der Waals surface area contributed by atoms with Crippen LogP contribution in [0, 0.1) is 6.92 Å². The molecule has 6 heteroatoms. The zero-order chi connectivity index (χ0) is 23.5. The second-order valence-electron chi connectivity index (χ2n) is 8.81. The lowest BCUT2D eigenvalue weighted by Crippen LogP contribution is -2.26. The number of ether oxygens (including phenoxy) is 1. The number of nitrogens with zero attached hydrogens (tertiary/aromatic N) is 4. The minimum Gasteiger partial charge on any atom is -0.376 e. The molecule has 0 aliphatic heterocycles. The molecule has 0 saturated carbocycles. The Hall–Kier alpha value is -2.99. The van der Waals surface area contributed by atoms with Gasteiger partial charge in [-0.3, -0.25) is 4.98 Å². The molecule has 4 rings (SSSR count). The predicted octanol–water partition coefficient (Wildman–Crippen LogP) is 5.15. The Balaban J connectivity index is 1.77. The van der Waals surface area contributed by atoms with Crippen molar-refractivity contribution in [2.45, 2.75) is 59.1 Å². The quantitative estimate of drug-likeness (QED) is 0.517. The Morgan fingerprint density at radius 1 is 1.03 bits per heavy atom. The lowest BCUT2D eigenvalue weighted by atomic mass is 10.1. The van der Waals surface area contributed by atoms with Crippen molar-refractivity contribution in [3.05, 3.63) is 64.6 Å². The maximum Gasteiger partial charge on any atom is 0.148 e. The molecule has 2 aromatic heterocycles. The Labute approximate surface area is 197 Å². The average Bonchev–Trinajstić information content (AvgIpc) is 3.16. The van der Waals surface area contributed by atoms with Gasteiger partial charge >= 0.3 is 0 Å². The van der Waals surface area contributed by atoms with Crippen molar-refractivity contribution in [3.63, 3.8) is 0 Å². The number of rotatable bonds is 8. The SMILES string of the molecule is CCO[C@H]1Cc2ccccc2[C@H]1Nc1nc(CC)c(-c2ncc(C)cc2N(C)C)nc1CC. The molecule has 0 bridgehead atoms. The Kier molecular flexibility index (Phi) is 6.94. The van der Waals surface area contributed by atoms with Gasteiger partial charge in [0.1, 0.15) is 17.2 Å². The molecule has 33 heavy (non-hydrogen) atoms. The number of aryl methyl sites for hydroxylation is 3. The Morgan fingerprint density at radius 2 is 1.79 bits per heavy atom. The zero-order valence-corrected chi connectivity index (χ0v) is 20.6. The standard InChI is InChI=1S/C27H35N5O/c1-7-20-25(26-22(32(5)6)14-17(4)16-28-26)29-21(8-2)27(30-20)31-24-19-13-11-10-12-18(19)15-23(24)33-9-3/h10-14,16,23-24H,7-9,15H2,1-6H3,(H,30,31)/t23-,24+/m0/s1. The van der Waals surface area contributed by atoms with Crippen LogP contribution in [-0.2, 0) is 24.0 Å². The molecule has 2 atom stereocenters. The van der Waals surface area contributed by atoms with E-state index >= 15 is 0 Å². The highest BCUT2D eigenvalue weighted by atomic mass is 16.5. The number of anilines is 2. The van der Waals surface area contributed by atoms with Gasteiger partial charge in [-0.25, -0.2) is 9.97 Å². The fourth-order valence-electron chi connectivity index (χ4n) is 4.63. The number of fused-ring (bicyclic) bond motifs is 1. The molecule has 0 amide bonds. The molecule has 1 aliphatic carbocycles. The lowest BCUT2D eigenvalue weighted by Gasteiger charge is -2.24. The number of aromatic nitrogens is 3. The second-order valence-corrected chi connectivity index (χ2v) is 8.81. The van der Waals surface area contributed by atoms with Gasteiger partial charge in [0.05, 0.1) is 29.2 Å². The number of benzene rings is 1. The Morgan fingerprint density at radius 3 is 2.48 bits per heavy atom. The van der Waals surface area contributed by atoms with E-state index in [4.69, 9.17) is 19.7 Å². The summed E-state index contributed by atoms with van der Waals surface area (Å²) in [6.07, 6.45) is 4.46. The summed E-state index contributed by atoms with van der Waals surface area (Å²) in [5, 5.41) is 3.72. The summed E-state index contributed by atoms with van der Waals surface area (Å²) in [5.41, 5.74) is 8.48. The highest BCUT2D eigenvalue weighted by molar-refractivity contribution is 5.75. The minimum absolute atomic E-state index is 0.0612. The zero-order valence-electron chi connectivity index (χ0n) is 20.6. The van der Waals surface area contributed by atoms with Crippen molar-refractivity contribution in [2.75, 3.05) is 30.9 Å². The maximum absolute atomic E-state index is 6.12. The molecule has 1 N–H and O–H groups in total. The monoisotopic (exact) mass is 445 g/mol. The summed E-state index contributed by atoms with van der Waals surface area (Å²) in [6.45, 7) is 9.06. The first kappa shape index (κ1) is 23.2. The molecule has 1 aliphatic rings. The highest BCUT2D eigenvalue weighted by Crippen LogP contribution is 2.37. The molecule has 0 radical (unpaired) electrons. The van der Waals surface area contributed by atoms with Gasteiger partial charge < -0.3 is 15.0 Å². The lowest BCUT2D eigenvalue weighted by molar-refractivity contribution is 0.0573. The second kappa shape index (κ2) is 9.87. The summed E-state index contributed by atoms with van der Waals surface area (Å²) in [5.74, 6) is 0.850. The van der Waals surface area contributed by atoms with Gasteiger partial charge in [0, 0.05) is 33.3 Å². The molecule has 2 heterocycles. The largest absolute Gasteiger partial charge is 0.376 e. The van der Waals surface area contributed by atoms with Crippen molar-refractivity contribution in [1.29, 1.82) is 0 Å². The summed E-state index contributed by atoms with van der Waals surface area (Å²) in [4.78, 5) is 17.1. The van der Waals surface area contributed by atoms with Crippen molar-refractivity contribution in [2.24, 2.45) is 0 Å². The van der Waals surface area contributed by atoms with Crippen LogP contribution in [0.2, 0.25) is 0 Å². The molecule has 0 spiro atoms. The van der Waals surface area contributed by atoms with Crippen LogP contribution >= 0.6 is 0 Å². The number of pyridine rings is 1. The third kappa shape index (κ3) is 4.58. The van der Waals surface area contributed by atoms with Gasteiger partial charge in [-0.1, -0.05) is 38.1 Å². The smallest absolute Gasteiger partial charge is 0.148 e. The van der Waals surface area contributed by atoms with E-state index in [9.17, 15) is 0 Å². The first-order valence-electron chi connectivity index (χ1n) is 12.0. The van der Waals surface area contributed by atoms with Crippen LogP contribution in [0.25, 0.3) is 11.4 Å². The van der Waals surface area contributed by atoms with Crippen LogP contribution in [0.3, 0.4) is 0 Å². The van der Waals surface area contributed by atoms with Gasteiger partial charge in [0.2, 0.25) is 0 Å². The van der Waals surface area contributed by atoms with Crippen molar-refractivity contribution in [1.82, 2.24) is 15.0 Å². The van der Waals surface area contributed by atoms with Crippen LogP contribution in [0.1, 0.15) is 54.9 Å². The van der Waals surface area contributed by atoms with E-state index in [2.05, 4.69) is 68.2 Å². The van der Waals surface area contributed by atoms with E-state index in [1.54, 1.807) is 0 Å². The fourth-order valence-corrected chi connectivity index (χ4v) is 4.63. The van der Waals surface area contributed by atoms with Crippen LogP contribution in [-0.4, -0.2) is 41.8 Å². The molecule has 3 aromatic rings. The molecule has 0 unspecified atom stereocenters. The maximum atomic E-state index is 6.12. The summed E-state index contributed by atoms with van der Waals surface area (Å²) in [6, 6.07) is 10.8. The van der Waals surface area contributed by atoms with Gasteiger partial charge in [-0.2, -0.15) is 0 Å². The number of hydrogen-bond donors (Lipinski definition) is 1. The summed E-state index contributed by atoms with van der Waals surface area (Å²) < 4.78 is 6.12.